The first kappa shape index (κ1) is 17.3. The molecule has 0 aromatic carbocycles. The number of amides is 2. The lowest BCUT2D eigenvalue weighted by molar-refractivity contribution is -0.124. The summed E-state index contributed by atoms with van der Waals surface area (Å²) in [6.07, 6.45) is 0. The Bertz CT molecular complexity index is 674. The third kappa shape index (κ3) is 4.22. The van der Waals surface area contributed by atoms with Gasteiger partial charge in [0.25, 0.3) is 5.91 Å². The van der Waals surface area contributed by atoms with E-state index in [1.54, 1.807) is 6.07 Å². The number of carbonyl (C=O) groups is 2. The predicted molar refractivity (Wildman–Crippen MR) is 92.4 cm³/mol. The number of aromatic nitrogens is 1. The minimum atomic E-state index is -0.550. The Kier molecular flexibility index (Phi) is 5.60. The van der Waals surface area contributed by atoms with E-state index in [2.05, 4.69) is 10.6 Å². The largest absolute Gasteiger partial charge is 0.350 e. The van der Waals surface area contributed by atoms with Gasteiger partial charge < -0.3 is 15.2 Å². The van der Waals surface area contributed by atoms with Gasteiger partial charge in [0.15, 0.2) is 0 Å². The van der Waals surface area contributed by atoms with Crippen LogP contribution in [-0.4, -0.2) is 22.4 Å². The van der Waals surface area contributed by atoms with E-state index >= 15 is 0 Å². The van der Waals surface area contributed by atoms with Gasteiger partial charge in [-0.3, -0.25) is 9.59 Å². The quantitative estimate of drug-likeness (QED) is 0.853. The predicted octanol–water partition coefficient (Wildman–Crippen LogP) is 2.47. The molecule has 2 N–H and O–H groups in total. The standard InChI is InChI=1S/C17H23N3O2S/c1-11(2)15(19-16(21)14-6-5-9-23-14)17(22)18-10-13-8-7-12(3)20(13)4/h5-9,11,15H,10H2,1-4H3,(H,18,22)(H,19,21). The number of hydrogen-bond acceptors (Lipinski definition) is 3. The van der Waals surface area contributed by atoms with E-state index in [0.717, 1.165) is 11.4 Å². The maximum Gasteiger partial charge on any atom is 0.262 e. The maximum absolute atomic E-state index is 12.4. The molecule has 2 aromatic heterocycles. The monoisotopic (exact) mass is 333 g/mol. The van der Waals surface area contributed by atoms with E-state index in [-0.39, 0.29) is 17.7 Å². The first-order chi connectivity index (χ1) is 10.9. The highest BCUT2D eigenvalue weighted by atomic mass is 32.1. The molecule has 6 heteroatoms. The van der Waals surface area contributed by atoms with Crippen molar-refractivity contribution in [3.63, 3.8) is 0 Å². The van der Waals surface area contributed by atoms with Gasteiger partial charge >= 0.3 is 0 Å². The van der Waals surface area contributed by atoms with Crippen LogP contribution in [0.25, 0.3) is 0 Å². The van der Waals surface area contributed by atoms with E-state index in [1.807, 2.05) is 56.0 Å². The first-order valence-corrected chi connectivity index (χ1v) is 8.51. The lowest BCUT2D eigenvalue weighted by Crippen LogP contribution is -2.49. The molecule has 2 heterocycles. The van der Waals surface area contributed by atoms with Crippen molar-refractivity contribution in [1.29, 1.82) is 0 Å². The van der Waals surface area contributed by atoms with Gasteiger partial charge in [0.05, 0.1) is 11.4 Å². The molecular formula is C17H23N3O2S. The molecule has 2 aromatic rings. The highest BCUT2D eigenvalue weighted by Gasteiger charge is 2.24. The van der Waals surface area contributed by atoms with E-state index in [0.29, 0.717) is 11.4 Å². The summed E-state index contributed by atoms with van der Waals surface area (Å²) in [5, 5.41) is 7.59. The number of rotatable bonds is 6. The Morgan fingerprint density at radius 2 is 2.00 bits per heavy atom. The number of carbonyl (C=O) groups excluding carboxylic acids is 2. The molecule has 0 bridgehead atoms. The molecule has 124 valence electrons. The summed E-state index contributed by atoms with van der Waals surface area (Å²) in [7, 11) is 1.97. The van der Waals surface area contributed by atoms with Gasteiger partial charge in [0, 0.05) is 18.4 Å². The number of thiophene rings is 1. The van der Waals surface area contributed by atoms with Gasteiger partial charge in [-0.25, -0.2) is 0 Å². The van der Waals surface area contributed by atoms with Crippen LogP contribution in [0, 0.1) is 12.8 Å². The Labute approximate surface area is 140 Å². The minimum Gasteiger partial charge on any atom is -0.350 e. The van der Waals surface area contributed by atoms with E-state index in [9.17, 15) is 9.59 Å². The summed E-state index contributed by atoms with van der Waals surface area (Å²) in [6, 6.07) is 7.03. The molecule has 0 fully saturated rings. The van der Waals surface area contributed by atoms with Crippen molar-refractivity contribution >= 4 is 23.2 Å². The van der Waals surface area contributed by atoms with Crippen LogP contribution in [0.5, 0.6) is 0 Å². The third-order valence-electron chi connectivity index (χ3n) is 3.90. The number of nitrogens with zero attached hydrogens (tertiary/aromatic N) is 1. The van der Waals surface area contributed by atoms with Gasteiger partial charge in [-0.2, -0.15) is 0 Å². The molecule has 0 radical (unpaired) electrons. The zero-order valence-corrected chi connectivity index (χ0v) is 14.7. The molecule has 2 amide bonds. The molecule has 1 unspecified atom stereocenters. The fraction of sp³-hybridized carbons (Fsp3) is 0.412. The van der Waals surface area contributed by atoms with Crippen molar-refractivity contribution in [1.82, 2.24) is 15.2 Å². The van der Waals surface area contributed by atoms with Crippen LogP contribution in [0.4, 0.5) is 0 Å². The molecule has 1 atom stereocenters. The van der Waals surface area contributed by atoms with E-state index in [1.165, 1.54) is 11.3 Å². The highest BCUT2D eigenvalue weighted by Crippen LogP contribution is 2.11. The van der Waals surface area contributed by atoms with Crippen molar-refractivity contribution in [3.8, 4) is 0 Å². The first-order valence-electron chi connectivity index (χ1n) is 7.63. The third-order valence-corrected chi connectivity index (χ3v) is 4.77. The Morgan fingerprint density at radius 1 is 1.26 bits per heavy atom. The van der Waals surface area contributed by atoms with Crippen LogP contribution in [0.2, 0.25) is 0 Å². The molecule has 5 nitrogen and oxygen atoms in total. The summed E-state index contributed by atoms with van der Waals surface area (Å²) in [4.78, 5) is 25.2. The van der Waals surface area contributed by atoms with E-state index < -0.39 is 6.04 Å². The molecule has 0 saturated heterocycles. The molecule has 0 aliphatic rings. The summed E-state index contributed by atoms with van der Waals surface area (Å²) >= 11 is 1.36. The average Bonchev–Trinajstić information content (AvgIpc) is 3.14. The molecule has 0 spiro atoms. The maximum atomic E-state index is 12.4. The van der Waals surface area contributed by atoms with Crippen LogP contribution in [0.15, 0.2) is 29.6 Å². The van der Waals surface area contributed by atoms with Crippen LogP contribution < -0.4 is 10.6 Å². The summed E-state index contributed by atoms with van der Waals surface area (Å²) in [5.74, 6) is -0.360. The summed E-state index contributed by atoms with van der Waals surface area (Å²) < 4.78 is 2.04. The molecule has 2 rings (SSSR count). The fourth-order valence-corrected chi connectivity index (χ4v) is 2.91. The lowest BCUT2D eigenvalue weighted by Gasteiger charge is -2.21. The zero-order chi connectivity index (χ0) is 17.0. The number of nitrogens with one attached hydrogen (secondary N) is 2. The molecule has 0 aliphatic heterocycles. The van der Waals surface area contributed by atoms with Gasteiger partial charge in [-0.1, -0.05) is 19.9 Å². The number of aryl methyl sites for hydroxylation is 1. The Balaban J connectivity index is 1.98. The van der Waals surface area contributed by atoms with Gasteiger partial charge in [0.2, 0.25) is 5.91 Å². The zero-order valence-electron chi connectivity index (χ0n) is 13.9. The van der Waals surface area contributed by atoms with Gasteiger partial charge in [-0.15, -0.1) is 11.3 Å². The normalized spacial score (nSPS) is 12.2. The second-order valence-electron chi connectivity index (χ2n) is 5.92. The Morgan fingerprint density at radius 3 is 2.52 bits per heavy atom. The van der Waals surface area contributed by atoms with Crippen LogP contribution in [-0.2, 0) is 18.4 Å². The van der Waals surface area contributed by atoms with Crippen molar-refractivity contribution in [2.75, 3.05) is 0 Å². The Hall–Kier alpha value is -2.08. The van der Waals surface area contributed by atoms with E-state index in [4.69, 9.17) is 0 Å². The molecule has 23 heavy (non-hydrogen) atoms. The van der Waals surface area contributed by atoms with Gasteiger partial charge in [-0.05, 0) is 36.4 Å². The van der Waals surface area contributed by atoms with Crippen molar-refractivity contribution in [2.24, 2.45) is 13.0 Å². The summed E-state index contributed by atoms with van der Waals surface area (Å²) in [5.41, 5.74) is 2.17. The van der Waals surface area contributed by atoms with Gasteiger partial charge in [0.1, 0.15) is 6.04 Å². The minimum absolute atomic E-state index is 0.00839. The molecule has 0 saturated carbocycles. The van der Waals surface area contributed by atoms with Crippen molar-refractivity contribution in [2.45, 2.75) is 33.4 Å². The second kappa shape index (κ2) is 7.46. The van der Waals surface area contributed by atoms with Crippen molar-refractivity contribution < 1.29 is 9.59 Å². The van der Waals surface area contributed by atoms with Crippen molar-refractivity contribution in [3.05, 3.63) is 45.9 Å². The smallest absolute Gasteiger partial charge is 0.262 e. The van der Waals surface area contributed by atoms with Crippen LogP contribution >= 0.6 is 11.3 Å². The summed E-state index contributed by atoms with van der Waals surface area (Å²) in [6.45, 7) is 6.31. The average molecular weight is 333 g/mol. The topological polar surface area (TPSA) is 63.1 Å². The highest BCUT2D eigenvalue weighted by molar-refractivity contribution is 7.12. The second-order valence-corrected chi connectivity index (χ2v) is 6.86. The lowest BCUT2D eigenvalue weighted by atomic mass is 10.0. The van der Waals surface area contributed by atoms with Crippen LogP contribution in [0.3, 0.4) is 0 Å². The number of hydrogen-bond donors (Lipinski definition) is 2. The fourth-order valence-electron chi connectivity index (χ4n) is 2.29. The molecule has 0 aliphatic carbocycles. The van der Waals surface area contributed by atoms with Crippen LogP contribution in [0.1, 0.15) is 34.9 Å². The SMILES string of the molecule is Cc1ccc(CNC(=O)C(NC(=O)c2cccs2)C(C)C)n1C. The molecular weight excluding hydrogens is 310 g/mol.